The average molecular weight is 601 g/mol. The van der Waals surface area contributed by atoms with Crippen LogP contribution in [-0.2, 0) is 11.3 Å². The summed E-state index contributed by atoms with van der Waals surface area (Å²) in [5, 5.41) is 19.4. The van der Waals surface area contributed by atoms with Crippen molar-refractivity contribution in [3.8, 4) is 5.75 Å². The highest BCUT2D eigenvalue weighted by atomic mass is 79.9. The SMILES string of the molecule is CC(/C=N/N=C1\S/C(=C\c2cc(Br)cc(Br)c2O)C(=O)N1Cc1ccco1)=C\c1ccccc1. The van der Waals surface area contributed by atoms with Gasteiger partial charge in [-0.3, -0.25) is 9.69 Å². The first kappa shape index (κ1) is 24.3. The fourth-order valence-corrected chi connectivity index (χ4v) is 5.32. The van der Waals surface area contributed by atoms with E-state index in [1.165, 1.54) is 16.7 Å². The van der Waals surface area contributed by atoms with Crippen molar-refractivity contribution in [3.05, 3.63) is 97.2 Å². The van der Waals surface area contributed by atoms with E-state index in [9.17, 15) is 9.90 Å². The summed E-state index contributed by atoms with van der Waals surface area (Å²) in [6.07, 6.45) is 6.84. The molecule has 0 bridgehead atoms. The quantitative estimate of drug-likeness (QED) is 0.186. The number of phenolic OH excluding ortho intramolecular Hbond substituents is 1. The minimum atomic E-state index is -0.248. The highest BCUT2D eigenvalue weighted by Gasteiger charge is 2.34. The number of halogens is 2. The lowest BCUT2D eigenvalue weighted by atomic mass is 10.1. The van der Waals surface area contributed by atoms with Gasteiger partial charge in [-0.05, 0) is 76.1 Å². The normalized spacial score (nSPS) is 17.0. The number of rotatable bonds is 6. The van der Waals surface area contributed by atoms with Crippen LogP contribution in [0.15, 0.2) is 94.9 Å². The zero-order valence-corrected chi connectivity index (χ0v) is 22.0. The first-order valence-electron chi connectivity index (χ1n) is 10.2. The average Bonchev–Trinajstić information content (AvgIpc) is 3.42. The van der Waals surface area contributed by atoms with Crippen LogP contribution in [-0.4, -0.2) is 27.3 Å². The van der Waals surface area contributed by atoms with E-state index in [-0.39, 0.29) is 18.2 Å². The number of amides is 1. The van der Waals surface area contributed by atoms with Gasteiger partial charge in [-0.2, -0.15) is 5.10 Å². The smallest absolute Gasteiger partial charge is 0.267 e. The van der Waals surface area contributed by atoms with E-state index in [1.807, 2.05) is 43.3 Å². The van der Waals surface area contributed by atoms with Gasteiger partial charge in [-0.15, -0.1) is 5.10 Å². The maximum atomic E-state index is 13.2. The molecule has 0 spiro atoms. The molecule has 1 saturated heterocycles. The molecule has 1 N–H and O–H groups in total. The van der Waals surface area contributed by atoms with Gasteiger partial charge in [0, 0.05) is 10.0 Å². The molecule has 1 aliphatic heterocycles. The maximum absolute atomic E-state index is 13.2. The molecule has 1 aromatic heterocycles. The summed E-state index contributed by atoms with van der Waals surface area (Å²) in [6, 6.07) is 17.0. The van der Waals surface area contributed by atoms with Crippen LogP contribution in [0.1, 0.15) is 23.8 Å². The summed E-state index contributed by atoms with van der Waals surface area (Å²) in [5.74, 6) is 0.425. The molecular weight excluding hydrogens is 582 g/mol. The molecule has 6 nitrogen and oxygen atoms in total. The minimum Gasteiger partial charge on any atom is -0.506 e. The predicted octanol–water partition coefficient (Wildman–Crippen LogP) is 7.07. The Morgan fingerprint density at radius 2 is 1.97 bits per heavy atom. The number of carbonyl (C=O) groups is 1. The molecule has 0 unspecified atom stereocenters. The number of phenols is 1. The monoisotopic (exact) mass is 599 g/mol. The van der Waals surface area contributed by atoms with Crippen molar-refractivity contribution < 1.29 is 14.3 Å². The number of allylic oxidation sites excluding steroid dienone is 1. The van der Waals surface area contributed by atoms with Crippen molar-refractivity contribution >= 4 is 73.1 Å². The van der Waals surface area contributed by atoms with Gasteiger partial charge in [0.05, 0.1) is 28.4 Å². The van der Waals surface area contributed by atoms with Gasteiger partial charge in [0.2, 0.25) is 0 Å². The second kappa shape index (κ2) is 11.0. The van der Waals surface area contributed by atoms with Crippen LogP contribution < -0.4 is 0 Å². The third kappa shape index (κ3) is 5.97. The lowest BCUT2D eigenvalue weighted by Crippen LogP contribution is -2.28. The number of hydrogen-bond acceptors (Lipinski definition) is 6. The van der Waals surface area contributed by atoms with E-state index in [0.29, 0.717) is 25.9 Å². The van der Waals surface area contributed by atoms with E-state index < -0.39 is 0 Å². The van der Waals surface area contributed by atoms with E-state index in [0.717, 1.165) is 15.6 Å². The predicted molar refractivity (Wildman–Crippen MR) is 144 cm³/mol. The van der Waals surface area contributed by atoms with E-state index in [1.54, 1.807) is 42.8 Å². The molecule has 2 aromatic carbocycles. The van der Waals surface area contributed by atoms with E-state index in [2.05, 4.69) is 42.1 Å². The molecule has 9 heteroatoms. The lowest BCUT2D eigenvalue weighted by Gasteiger charge is -2.12. The summed E-state index contributed by atoms with van der Waals surface area (Å²) < 4.78 is 6.72. The summed E-state index contributed by atoms with van der Waals surface area (Å²) in [6.45, 7) is 2.15. The highest BCUT2D eigenvalue weighted by Crippen LogP contribution is 2.38. The first-order chi connectivity index (χ1) is 16.4. The maximum Gasteiger partial charge on any atom is 0.267 e. The van der Waals surface area contributed by atoms with Gasteiger partial charge in [0.25, 0.3) is 5.91 Å². The summed E-state index contributed by atoms with van der Waals surface area (Å²) in [4.78, 5) is 15.1. The summed E-state index contributed by atoms with van der Waals surface area (Å²) in [7, 11) is 0. The standard InChI is InChI=1S/C25H19Br2N3O3S/c1-16(10-17-6-3-2-4-7-17)14-28-29-25-30(15-20-8-5-9-33-20)24(32)22(34-25)12-18-11-19(26)13-21(27)23(18)31/h2-14,31H,15H2,1H3/b16-10+,22-12-,28-14+,29-25-. The lowest BCUT2D eigenvalue weighted by molar-refractivity contribution is -0.122. The van der Waals surface area contributed by atoms with Gasteiger partial charge in [0.1, 0.15) is 11.5 Å². The Kier molecular flexibility index (Phi) is 7.87. The molecule has 0 aliphatic carbocycles. The molecule has 0 atom stereocenters. The number of benzene rings is 2. The van der Waals surface area contributed by atoms with Crippen LogP contribution in [0.25, 0.3) is 12.2 Å². The second-order valence-electron chi connectivity index (χ2n) is 7.33. The summed E-state index contributed by atoms with van der Waals surface area (Å²) in [5.41, 5.74) is 2.48. The number of carbonyl (C=O) groups excluding carboxylic acids is 1. The van der Waals surface area contributed by atoms with Crippen LogP contribution in [0.2, 0.25) is 0 Å². The second-order valence-corrected chi connectivity index (χ2v) is 10.1. The molecule has 4 rings (SSSR count). The van der Waals surface area contributed by atoms with Crippen molar-refractivity contribution in [3.63, 3.8) is 0 Å². The van der Waals surface area contributed by atoms with Gasteiger partial charge in [0.15, 0.2) is 5.17 Å². The van der Waals surface area contributed by atoms with Gasteiger partial charge in [-0.1, -0.05) is 52.3 Å². The molecule has 0 saturated carbocycles. The number of thioether (sulfide) groups is 1. The third-order valence-electron chi connectivity index (χ3n) is 4.72. The Labute approximate surface area is 218 Å². The fraction of sp³-hybridized carbons (Fsp3) is 0.0800. The molecular formula is C25H19Br2N3O3S. The Balaban J connectivity index is 1.63. The van der Waals surface area contributed by atoms with Crippen molar-refractivity contribution in [2.24, 2.45) is 10.2 Å². The van der Waals surface area contributed by atoms with Crippen LogP contribution in [0, 0.1) is 0 Å². The number of hydrogen-bond donors (Lipinski definition) is 1. The summed E-state index contributed by atoms with van der Waals surface area (Å²) >= 11 is 7.93. The van der Waals surface area contributed by atoms with E-state index in [4.69, 9.17) is 4.42 Å². The molecule has 172 valence electrons. The molecule has 1 aliphatic rings. The Morgan fingerprint density at radius 1 is 1.18 bits per heavy atom. The first-order valence-corrected chi connectivity index (χ1v) is 12.6. The van der Waals surface area contributed by atoms with Gasteiger partial charge in [-0.25, -0.2) is 0 Å². The fourth-order valence-electron chi connectivity index (χ4n) is 3.14. The Hall–Kier alpha value is -2.88. The number of aromatic hydroxyl groups is 1. The van der Waals surface area contributed by atoms with Crippen LogP contribution in [0.5, 0.6) is 5.75 Å². The Morgan fingerprint density at radius 3 is 2.71 bits per heavy atom. The zero-order valence-electron chi connectivity index (χ0n) is 18.0. The molecule has 1 fully saturated rings. The number of furan rings is 1. The van der Waals surface area contributed by atoms with Crippen LogP contribution in [0.3, 0.4) is 0 Å². The molecule has 3 aromatic rings. The number of nitrogens with zero attached hydrogens (tertiary/aromatic N) is 3. The molecule has 1 amide bonds. The topological polar surface area (TPSA) is 78.4 Å². The van der Waals surface area contributed by atoms with Crippen LogP contribution in [0.4, 0.5) is 0 Å². The molecule has 34 heavy (non-hydrogen) atoms. The Bertz CT molecular complexity index is 1320. The van der Waals surface area contributed by atoms with Gasteiger partial charge >= 0.3 is 0 Å². The molecule has 2 heterocycles. The largest absolute Gasteiger partial charge is 0.506 e. The van der Waals surface area contributed by atoms with Crippen molar-refractivity contribution in [1.82, 2.24) is 4.90 Å². The zero-order chi connectivity index (χ0) is 24.1. The third-order valence-corrected chi connectivity index (χ3v) is 6.78. The van der Waals surface area contributed by atoms with Crippen LogP contribution >= 0.6 is 43.6 Å². The number of amidine groups is 1. The van der Waals surface area contributed by atoms with Crippen molar-refractivity contribution in [2.45, 2.75) is 13.5 Å². The highest BCUT2D eigenvalue weighted by molar-refractivity contribution is 9.11. The van der Waals surface area contributed by atoms with E-state index >= 15 is 0 Å². The van der Waals surface area contributed by atoms with Gasteiger partial charge < -0.3 is 9.52 Å². The minimum absolute atomic E-state index is 0.0479. The van der Waals surface area contributed by atoms with Crippen molar-refractivity contribution in [1.29, 1.82) is 0 Å². The van der Waals surface area contributed by atoms with Crippen molar-refractivity contribution in [2.75, 3.05) is 0 Å². The molecule has 0 radical (unpaired) electrons.